The monoisotopic (exact) mass is 446 g/mol. The average molecular weight is 446 g/mol. The van der Waals surface area contributed by atoms with Crippen LogP contribution < -0.4 is 20.1 Å². The molecule has 0 fully saturated rings. The smallest absolute Gasteiger partial charge is 0.496 e. The van der Waals surface area contributed by atoms with E-state index in [9.17, 15) is 13.2 Å². The molecule has 0 spiro atoms. The van der Waals surface area contributed by atoms with Crippen LogP contribution in [0.3, 0.4) is 0 Å². The number of nitrogens with one attached hydrogen (secondary N) is 2. The minimum absolute atomic E-state index is 0.118. The van der Waals surface area contributed by atoms with E-state index in [2.05, 4.69) is 25.3 Å². The molecule has 0 bridgehead atoms. The van der Waals surface area contributed by atoms with Crippen LogP contribution in [0.2, 0.25) is 0 Å². The molecule has 0 radical (unpaired) electrons. The zero-order chi connectivity index (χ0) is 23.1. The number of ether oxygens (including phenoxy) is 2. The maximum absolute atomic E-state index is 12.6. The van der Waals surface area contributed by atoms with E-state index in [1.807, 2.05) is 38.1 Å². The van der Waals surface area contributed by atoms with Crippen LogP contribution in [-0.2, 0) is 6.54 Å². The molecular weight excluding hydrogens is 421 g/mol. The van der Waals surface area contributed by atoms with Gasteiger partial charge in [0.2, 0.25) is 5.95 Å². The number of anilines is 2. The SMILES string of the molecule is CC[C@H](C)Nc1nc(NCc2ccccc2OC)cc(-c2cccc(OC(F)(F)F)c2)n1. The van der Waals surface area contributed by atoms with Gasteiger partial charge in [0, 0.05) is 29.8 Å². The largest absolute Gasteiger partial charge is 0.573 e. The number of hydrogen-bond donors (Lipinski definition) is 2. The number of nitrogens with zero attached hydrogens (tertiary/aromatic N) is 2. The Morgan fingerprint density at radius 2 is 1.81 bits per heavy atom. The third-order valence-electron chi connectivity index (χ3n) is 4.73. The lowest BCUT2D eigenvalue weighted by atomic mass is 10.1. The third kappa shape index (κ3) is 6.50. The Labute approximate surface area is 184 Å². The highest BCUT2D eigenvalue weighted by Gasteiger charge is 2.31. The second-order valence-electron chi connectivity index (χ2n) is 7.16. The van der Waals surface area contributed by atoms with Crippen molar-refractivity contribution in [3.05, 3.63) is 60.2 Å². The van der Waals surface area contributed by atoms with Gasteiger partial charge in [-0.1, -0.05) is 37.3 Å². The summed E-state index contributed by atoms with van der Waals surface area (Å²) in [5, 5.41) is 6.47. The quantitative estimate of drug-likeness (QED) is 0.428. The molecule has 3 rings (SSSR count). The number of alkyl halides is 3. The molecule has 170 valence electrons. The number of halogens is 3. The highest BCUT2D eigenvalue weighted by Crippen LogP contribution is 2.29. The van der Waals surface area contributed by atoms with Crippen molar-refractivity contribution >= 4 is 11.8 Å². The van der Waals surface area contributed by atoms with Crippen LogP contribution >= 0.6 is 0 Å². The van der Waals surface area contributed by atoms with Crippen LogP contribution in [0.25, 0.3) is 11.3 Å². The van der Waals surface area contributed by atoms with Crippen molar-refractivity contribution in [3.8, 4) is 22.8 Å². The summed E-state index contributed by atoms with van der Waals surface area (Å²) in [5.74, 6) is 1.33. The lowest BCUT2D eigenvalue weighted by Crippen LogP contribution is -2.17. The van der Waals surface area contributed by atoms with Gasteiger partial charge in [0.15, 0.2) is 0 Å². The van der Waals surface area contributed by atoms with Crippen molar-refractivity contribution in [2.75, 3.05) is 17.7 Å². The molecule has 9 heteroatoms. The molecule has 1 aromatic heterocycles. The molecule has 0 saturated carbocycles. The second-order valence-corrected chi connectivity index (χ2v) is 7.16. The number of methoxy groups -OCH3 is 1. The third-order valence-corrected chi connectivity index (χ3v) is 4.73. The van der Waals surface area contributed by atoms with E-state index in [0.29, 0.717) is 29.6 Å². The molecule has 0 aliphatic rings. The lowest BCUT2D eigenvalue weighted by molar-refractivity contribution is -0.274. The molecule has 0 unspecified atom stereocenters. The fourth-order valence-corrected chi connectivity index (χ4v) is 2.96. The number of para-hydroxylation sites is 1. The van der Waals surface area contributed by atoms with Crippen molar-refractivity contribution in [2.24, 2.45) is 0 Å². The Balaban J connectivity index is 1.92. The zero-order valence-electron chi connectivity index (χ0n) is 18.0. The Hall–Kier alpha value is -3.49. The summed E-state index contributed by atoms with van der Waals surface area (Å²) in [4.78, 5) is 9.01. The summed E-state index contributed by atoms with van der Waals surface area (Å²) in [6.07, 6.45) is -3.92. The van der Waals surface area contributed by atoms with Gasteiger partial charge in [-0.25, -0.2) is 4.98 Å². The molecule has 0 aliphatic carbocycles. The van der Waals surface area contributed by atoms with Gasteiger partial charge in [-0.15, -0.1) is 13.2 Å². The first-order valence-electron chi connectivity index (χ1n) is 10.1. The molecule has 2 N–H and O–H groups in total. The standard InChI is InChI=1S/C23H25F3N4O2/c1-4-15(2)28-22-29-19(16-9-7-10-18(12-16)32-23(24,25)26)13-21(30-22)27-14-17-8-5-6-11-20(17)31-3/h5-13,15H,4,14H2,1-3H3,(H2,27,28,29,30)/t15-/m0/s1. The van der Waals surface area contributed by atoms with E-state index >= 15 is 0 Å². The van der Waals surface area contributed by atoms with E-state index in [0.717, 1.165) is 17.7 Å². The van der Waals surface area contributed by atoms with Gasteiger partial charge in [0.25, 0.3) is 0 Å². The van der Waals surface area contributed by atoms with Gasteiger partial charge in [0.1, 0.15) is 17.3 Å². The summed E-state index contributed by atoms with van der Waals surface area (Å²) in [5.41, 5.74) is 1.87. The number of benzene rings is 2. The van der Waals surface area contributed by atoms with E-state index in [4.69, 9.17) is 4.74 Å². The summed E-state index contributed by atoms with van der Waals surface area (Å²) < 4.78 is 47.3. The predicted octanol–water partition coefficient (Wildman–Crippen LogP) is 5.87. The average Bonchev–Trinajstić information content (AvgIpc) is 2.76. The van der Waals surface area contributed by atoms with Crippen LogP contribution in [0, 0.1) is 0 Å². The summed E-state index contributed by atoms with van der Waals surface area (Å²) in [6, 6.07) is 15.1. The fraction of sp³-hybridized carbons (Fsp3) is 0.304. The summed E-state index contributed by atoms with van der Waals surface area (Å²) >= 11 is 0. The summed E-state index contributed by atoms with van der Waals surface area (Å²) in [6.45, 7) is 4.47. The van der Waals surface area contributed by atoms with Gasteiger partial charge in [-0.3, -0.25) is 0 Å². The molecular formula is C23H25F3N4O2. The van der Waals surface area contributed by atoms with Crippen LogP contribution in [0.5, 0.6) is 11.5 Å². The van der Waals surface area contributed by atoms with Crippen molar-refractivity contribution in [1.82, 2.24) is 9.97 Å². The fourth-order valence-electron chi connectivity index (χ4n) is 2.96. The number of aromatic nitrogens is 2. The molecule has 1 atom stereocenters. The van der Waals surface area contributed by atoms with E-state index < -0.39 is 6.36 Å². The van der Waals surface area contributed by atoms with Gasteiger partial charge in [-0.2, -0.15) is 4.98 Å². The van der Waals surface area contributed by atoms with Crippen molar-refractivity contribution in [2.45, 2.75) is 39.2 Å². The van der Waals surface area contributed by atoms with Crippen LogP contribution in [-0.4, -0.2) is 29.5 Å². The molecule has 0 saturated heterocycles. The molecule has 2 aromatic carbocycles. The minimum Gasteiger partial charge on any atom is -0.496 e. The Kier molecular flexibility index (Phi) is 7.40. The lowest BCUT2D eigenvalue weighted by Gasteiger charge is -2.16. The van der Waals surface area contributed by atoms with Crippen molar-refractivity contribution in [3.63, 3.8) is 0 Å². The topological polar surface area (TPSA) is 68.3 Å². The maximum atomic E-state index is 12.6. The Morgan fingerprint density at radius 1 is 1.03 bits per heavy atom. The van der Waals surface area contributed by atoms with E-state index in [1.54, 1.807) is 19.2 Å². The zero-order valence-corrected chi connectivity index (χ0v) is 18.0. The second kappa shape index (κ2) is 10.2. The highest BCUT2D eigenvalue weighted by atomic mass is 19.4. The number of rotatable bonds is 9. The first kappa shape index (κ1) is 23.2. The molecule has 0 amide bonds. The molecule has 3 aromatic rings. The molecule has 1 heterocycles. The van der Waals surface area contributed by atoms with Crippen LogP contribution in [0.15, 0.2) is 54.6 Å². The molecule has 6 nitrogen and oxygen atoms in total. The maximum Gasteiger partial charge on any atom is 0.573 e. The number of hydrogen-bond acceptors (Lipinski definition) is 6. The first-order valence-corrected chi connectivity index (χ1v) is 10.1. The van der Waals surface area contributed by atoms with E-state index in [1.165, 1.54) is 18.2 Å². The highest BCUT2D eigenvalue weighted by molar-refractivity contribution is 5.66. The van der Waals surface area contributed by atoms with Gasteiger partial charge in [0.05, 0.1) is 12.8 Å². The van der Waals surface area contributed by atoms with Crippen molar-refractivity contribution in [1.29, 1.82) is 0 Å². The van der Waals surface area contributed by atoms with Crippen LogP contribution in [0.4, 0.5) is 24.9 Å². The molecule has 0 aliphatic heterocycles. The van der Waals surface area contributed by atoms with E-state index in [-0.39, 0.29) is 11.8 Å². The first-order chi connectivity index (χ1) is 15.3. The van der Waals surface area contributed by atoms with Gasteiger partial charge >= 0.3 is 6.36 Å². The minimum atomic E-state index is -4.77. The Bertz CT molecular complexity index is 1040. The van der Waals surface area contributed by atoms with Crippen molar-refractivity contribution < 1.29 is 22.6 Å². The van der Waals surface area contributed by atoms with Gasteiger partial charge in [-0.05, 0) is 31.5 Å². The Morgan fingerprint density at radius 3 is 2.53 bits per heavy atom. The van der Waals surface area contributed by atoms with Crippen LogP contribution in [0.1, 0.15) is 25.8 Å². The summed E-state index contributed by atoms with van der Waals surface area (Å²) in [7, 11) is 1.60. The predicted molar refractivity (Wildman–Crippen MR) is 118 cm³/mol. The molecule has 32 heavy (non-hydrogen) atoms. The van der Waals surface area contributed by atoms with Gasteiger partial charge < -0.3 is 20.1 Å². The normalized spacial score (nSPS) is 12.2.